The Morgan fingerprint density at radius 3 is 2.45 bits per heavy atom. The monoisotopic (exact) mass is 551 g/mol. The van der Waals surface area contributed by atoms with Crippen molar-refractivity contribution in [1.29, 1.82) is 0 Å². The molecule has 4 nitrogen and oxygen atoms in total. The van der Waals surface area contributed by atoms with Crippen LogP contribution in [0.3, 0.4) is 0 Å². The first-order valence-corrected chi connectivity index (χ1v) is 13.2. The highest BCUT2D eigenvalue weighted by Crippen LogP contribution is 2.43. The number of para-hydroxylation sites is 1. The highest BCUT2D eigenvalue weighted by Gasteiger charge is 2.31. The maximum atomic E-state index is 12.5. The van der Waals surface area contributed by atoms with Crippen LogP contribution < -0.4 is 15.5 Å². The molecule has 38 heavy (non-hydrogen) atoms. The number of anilines is 1. The summed E-state index contributed by atoms with van der Waals surface area (Å²) in [5.41, 5.74) is 12.7. The highest BCUT2D eigenvalue weighted by atomic mass is 32.1. The number of alkyl halides is 3. The molecule has 0 fully saturated rings. The number of nitrogens with one attached hydrogen (secondary N) is 2. The maximum Gasteiger partial charge on any atom is 0.573 e. The molecule has 2 N–H and O–H groups in total. The SMILES string of the molecule is Cc1cccc(C)c1NC(=S)N/N=C/c1ccc2c(c1)CCc1c-2csc1-c1ccc(OC(F)(F)F)cc1. The van der Waals surface area contributed by atoms with Gasteiger partial charge in [0.2, 0.25) is 0 Å². The molecule has 0 saturated heterocycles. The van der Waals surface area contributed by atoms with Gasteiger partial charge in [-0.3, -0.25) is 5.43 Å². The number of hydrogen-bond acceptors (Lipinski definition) is 4. The second kappa shape index (κ2) is 10.6. The fourth-order valence-corrected chi connectivity index (χ4v) is 5.93. The minimum Gasteiger partial charge on any atom is -0.406 e. The molecule has 1 aromatic heterocycles. The minimum absolute atomic E-state index is 0.220. The molecule has 0 unspecified atom stereocenters. The van der Waals surface area contributed by atoms with E-state index in [0.717, 1.165) is 45.7 Å². The van der Waals surface area contributed by atoms with Gasteiger partial charge in [-0.05, 0) is 119 Å². The summed E-state index contributed by atoms with van der Waals surface area (Å²) < 4.78 is 41.4. The summed E-state index contributed by atoms with van der Waals surface area (Å²) in [4.78, 5) is 1.07. The lowest BCUT2D eigenvalue weighted by molar-refractivity contribution is -0.274. The van der Waals surface area contributed by atoms with Gasteiger partial charge < -0.3 is 10.1 Å². The van der Waals surface area contributed by atoms with E-state index < -0.39 is 6.36 Å². The zero-order valence-electron chi connectivity index (χ0n) is 20.6. The van der Waals surface area contributed by atoms with Crippen molar-refractivity contribution >= 4 is 40.6 Å². The number of thiocarbonyl (C=S) groups is 1. The van der Waals surface area contributed by atoms with E-state index in [1.54, 1.807) is 29.7 Å². The number of fused-ring (bicyclic) bond motifs is 3. The Balaban J connectivity index is 1.28. The molecule has 0 amide bonds. The van der Waals surface area contributed by atoms with Gasteiger partial charge in [-0.15, -0.1) is 24.5 Å². The van der Waals surface area contributed by atoms with E-state index in [-0.39, 0.29) is 5.75 Å². The van der Waals surface area contributed by atoms with E-state index >= 15 is 0 Å². The molecule has 1 heterocycles. The first-order valence-electron chi connectivity index (χ1n) is 11.9. The number of halogens is 3. The van der Waals surface area contributed by atoms with Crippen LogP contribution in [0.25, 0.3) is 21.6 Å². The molecule has 9 heteroatoms. The lowest BCUT2D eigenvalue weighted by Gasteiger charge is -2.18. The van der Waals surface area contributed by atoms with Crippen LogP contribution in [0.1, 0.15) is 27.8 Å². The van der Waals surface area contributed by atoms with Crippen molar-refractivity contribution in [3.05, 3.63) is 93.9 Å². The Morgan fingerprint density at radius 2 is 1.74 bits per heavy atom. The molecule has 194 valence electrons. The Hall–Kier alpha value is -3.69. The third-order valence-corrected chi connectivity index (χ3v) is 7.67. The van der Waals surface area contributed by atoms with Crippen LogP contribution in [-0.2, 0) is 12.8 Å². The topological polar surface area (TPSA) is 45.7 Å². The van der Waals surface area contributed by atoms with Gasteiger partial charge in [-0.2, -0.15) is 5.10 Å². The quantitative estimate of drug-likeness (QED) is 0.150. The molecule has 0 spiro atoms. The van der Waals surface area contributed by atoms with Crippen molar-refractivity contribution in [2.75, 3.05) is 5.32 Å². The van der Waals surface area contributed by atoms with Crippen molar-refractivity contribution in [2.45, 2.75) is 33.1 Å². The standard InChI is InChI=1S/C29H24F3N3OS2/c1-17-4-3-5-18(2)26(17)34-28(37)35-33-15-19-6-12-23-21(14-19)9-13-24-25(23)16-38-27(24)20-7-10-22(11-8-20)36-29(30,31)32/h3-8,10-12,14-16H,9,13H2,1-2H3,(H2,34,35,37)/b33-15+. The summed E-state index contributed by atoms with van der Waals surface area (Å²) in [6.45, 7) is 4.05. The molecule has 0 radical (unpaired) electrons. The van der Waals surface area contributed by atoms with Crippen LogP contribution in [0.5, 0.6) is 5.75 Å². The third-order valence-electron chi connectivity index (χ3n) is 6.41. The highest BCUT2D eigenvalue weighted by molar-refractivity contribution is 7.80. The maximum absolute atomic E-state index is 12.5. The Bertz CT molecular complexity index is 1510. The van der Waals surface area contributed by atoms with Gasteiger partial charge in [-0.1, -0.05) is 30.3 Å². The van der Waals surface area contributed by atoms with E-state index in [0.29, 0.717) is 5.11 Å². The number of hydrazone groups is 1. The summed E-state index contributed by atoms with van der Waals surface area (Å²) in [5.74, 6) is -0.220. The Morgan fingerprint density at radius 1 is 1.00 bits per heavy atom. The first-order chi connectivity index (χ1) is 18.2. The molecule has 0 aliphatic heterocycles. The van der Waals surface area contributed by atoms with E-state index in [1.807, 2.05) is 38.1 Å². The molecular formula is C29H24F3N3OS2. The Labute approximate surface area is 228 Å². The predicted molar refractivity (Wildman–Crippen MR) is 152 cm³/mol. The average Bonchev–Trinajstić information content (AvgIpc) is 3.30. The van der Waals surface area contributed by atoms with Crippen LogP contribution in [0.4, 0.5) is 18.9 Å². The minimum atomic E-state index is -4.70. The van der Waals surface area contributed by atoms with Gasteiger partial charge in [-0.25, -0.2) is 0 Å². The lowest BCUT2D eigenvalue weighted by Crippen LogP contribution is -2.24. The van der Waals surface area contributed by atoms with Crippen LogP contribution in [0.2, 0.25) is 0 Å². The fraction of sp³-hybridized carbons (Fsp3) is 0.172. The van der Waals surface area contributed by atoms with Crippen molar-refractivity contribution < 1.29 is 17.9 Å². The average molecular weight is 552 g/mol. The van der Waals surface area contributed by atoms with E-state index in [4.69, 9.17) is 12.2 Å². The fourth-order valence-electron chi connectivity index (χ4n) is 4.65. The zero-order valence-corrected chi connectivity index (χ0v) is 22.3. The molecule has 1 aliphatic rings. The van der Waals surface area contributed by atoms with E-state index in [2.05, 4.69) is 38.1 Å². The summed E-state index contributed by atoms with van der Waals surface area (Å²) in [7, 11) is 0. The van der Waals surface area contributed by atoms with Gasteiger partial charge in [0.15, 0.2) is 5.11 Å². The van der Waals surface area contributed by atoms with Gasteiger partial charge in [0.05, 0.1) is 6.21 Å². The lowest BCUT2D eigenvalue weighted by atomic mass is 9.85. The largest absolute Gasteiger partial charge is 0.573 e. The number of thiophene rings is 1. The molecule has 5 rings (SSSR count). The molecule has 1 aliphatic carbocycles. The summed E-state index contributed by atoms with van der Waals surface area (Å²) in [5, 5.41) is 10.1. The predicted octanol–water partition coefficient (Wildman–Crippen LogP) is 8.02. The van der Waals surface area contributed by atoms with Crippen LogP contribution in [0.15, 0.2) is 71.1 Å². The number of nitrogens with zero attached hydrogens (tertiary/aromatic N) is 1. The number of ether oxygens (including phenoxy) is 1. The van der Waals surface area contributed by atoms with E-state index in [1.165, 1.54) is 34.4 Å². The molecule has 4 aromatic rings. The first kappa shape index (κ1) is 25.9. The van der Waals surface area contributed by atoms with Crippen molar-refractivity contribution in [1.82, 2.24) is 5.43 Å². The van der Waals surface area contributed by atoms with Crippen molar-refractivity contribution in [3.63, 3.8) is 0 Å². The smallest absolute Gasteiger partial charge is 0.406 e. The van der Waals surface area contributed by atoms with Crippen LogP contribution in [0, 0.1) is 13.8 Å². The van der Waals surface area contributed by atoms with Gasteiger partial charge in [0, 0.05) is 10.6 Å². The third kappa shape index (κ3) is 5.74. The summed E-state index contributed by atoms with van der Waals surface area (Å²) >= 11 is 7.00. The van der Waals surface area contributed by atoms with Gasteiger partial charge in [0.25, 0.3) is 0 Å². The molecule has 0 saturated carbocycles. The number of aryl methyl sites for hydroxylation is 3. The summed E-state index contributed by atoms with van der Waals surface area (Å²) in [6.07, 6.45) is -1.23. The normalized spacial score (nSPS) is 12.7. The number of rotatable bonds is 5. The zero-order chi connectivity index (χ0) is 26.9. The van der Waals surface area contributed by atoms with Gasteiger partial charge in [0.1, 0.15) is 5.75 Å². The van der Waals surface area contributed by atoms with Crippen molar-refractivity contribution in [2.24, 2.45) is 5.10 Å². The molecule has 3 aromatic carbocycles. The van der Waals surface area contributed by atoms with Crippen molar-refractivity contribution in [3.8, 4) is 27.3 Å². The van der Waals surface area contributed by atoms with Crippen LogP contribution in [-0.4, -0.2) is 17.7 Å². The number of benzene rings is 3. The summed E-state index contributed by atoms with van der Waals surface area (Å²) in [6, 6.07) is 18.4. The molecule has 0 atom stereocenters. The molecular weight excluding hydrogens is 527 g/mol. The number of hydrogen-bond donors (Lipinski definition) is 2. The second-order valence-corrected chi connectivity index (χ2v) is 10.3. The van der Waals surface area contributed by atoms with Gasteiger partial charge >= 0.3 is 6.36 Å². The van der Waals surface area contributed by atoms with E-state index in [9.17, 15) is 13.2 Å². The Kier molecular flexibility index (Phi) is 7.23. The molecule has 0 bridgehead atoms. The second-order valence-electron chi connectivity index (χ2n) is 9.04. The van der Waals surface area contributed by atoms with Crippen LogP contribution >= 0.6 is 23.6 Å².